The number of aliphatic carboxylic acids is 1. The van der Waals surface area contributed by atoms with Crippen molar-refractivity contribution in [3.05, 3.63) is 59.7 Å². The van der Waals surface area contributed by atoms with E-state index in [2.05, 4.69) is 0 Å². The molecular weight excluding hydrogens is 278 g/mol. The highest BCUT2D eigenvalue weighted by Gasteiger charge is 2.29. The largest absolute Gasteiger partial charge is 0.478 e. The van der Waals surface area contributed by atoms with Crippen LogP contribution in [0.25, 0.3) is 0 Å². The van der Waals surface area contributed by atoms with E-state index >= 15 is 0 Å². The minimum atomic E-state index is -1.23. The summed E-state index contributed by atoms with van der Waals surface area (Å²) in [4.78, 5) is 11.0. The third-order valence-corrected chi connectivity index (χ3v) is 3.49. The number of aryl methyl sites for hydroxylation is 2. The average Bonchev–Trinajstić information content (AvgIpc) is 2.48. The van der Waals surface area contributed by atoms with Gasteiger partial charge in [-0.3, -0.25) is 0 Å². The zero-order valence-electron chi connectivity index (χ0n) is 12.9. The van der Waals surface area contributed by atoms with Crippen LogP contribution in [0.4, 0.5) is 5.69 Å². The molecular formula is C18H21NO3. The Morgan fingerprint density at radius 3 is 1.91 bits per heavy atom. The Morgan fingerprint density at radius 2 is 1.45 bits per heavy atom. The summed E-state index contributed by atoms with van der Waals surface area (Å²) in [6.07, 6.45) is 1.84. The highest BCUT2D eigenvalue weighted by atomic mass is 16.5. The molecule has 0 aliphatic carbocycles. The predicted octanol–water partition coefficient (Wildman–Crippen LogP) is 3.30. The molecule has 22 heavy (non-hydrogen) atoms. The zero-order chi connectivity index (χ0) is 16.2. The number of anilines is 1. The summed E-state index contributed by atoms with van der Waals surface area (Å²) in [5.41, 5.74) is 7.62. The molecule has 0 aliphatic heterocycles. The molecule has 0 saturated heterocycles. The summed E-state index contributed by atoms with van der Waals surface area (Å²) in [6, 6.07) is 15.4. The van der Waals surface area contributed by atoms with Crippen LogP contribution in [0.1, 0.15) is 25.0 Å². The van der Waals surface area contributed by atoms with E-state index in [0.717, 1.165) is 18.5 Å². The SMILES string of the molecule is CC(C)(Oc1ccc(CCc2ccc(N)cc2)cc1)C(=O)O. The van der Waals surface area contributed by atoms with Crippen LogP contribution in [0, 0.1) is 0 Å². The number of carbonyl (C=O) groups is 1. The van der Waals surface area contributed by atoms with E-state index in [1.165, 1.54) is 25.0 Å². The molecule has 0 atom stereocenters. The Labute approximate surface area is 130 Å². The maximum Gasteiger partial charge on any atom is 0.347 e. The molecule has 2 rings (SSSR count). The quantitative estimate of drug-likeness (QED) is 0.803. The van der Waals surface area contributed by atoms with Gasteiger partial charge in [0.05, 0.1) is 0 Å². The molecule has 2 aromatic carbocycles. The monoisotopic (exact) mass is 299 g/mol. The minimum Gasteiger partial charge on any atom is -0.478 e. The highest BCUT2D eigenvalue weighted by molar-refractivity contribution is 5.76. The van der Waals surface area contributed by atoms with E-state index in [-0.39, 0.29) is 0 Å². The molecule has 4 heteroatoms. The Kier molecular flexibility index (Phi) is 4.71. The van der Waals surface area contributed by atoms with Crippen molar-refractivity contribution < 1.29 is 14.6 Å². The average molecular weight is 299 g/mol. The molecule has 0 amide bonds. The van der Waals surface area contributed by atoms with Gasteiger partial charge in [0.2, 0.25) is 0 Å². The van der Waals surface area contributed by atoms with Crippen molar-refractivity contribution in [1.29, 1.82) is 0 Å². The highest BCUT2D eigenvalue weighted by Crippen LogP contribution is 2.20. The number of carboxylic acids is 1. The van der Waals surface area contributed by atoms with Crippen LogP contribution >= 0.6 is 0 Å². The molecule has 0 heterocycles. The van der Waals surface area contributed by atoms with E-state index in [1.54, 1.807) is 0 Å². The number of ether oxygens (including phenoxy) is 1. The van der Waals surface area contributed by atoms with Crippen molar-refractivity contribution in [2.75, 3.05) is 5.73 Å². The van der Waals surface area contributed by atoms with E-state index in [0.29, 0.717) is 5.75 Å². The van der Waals surface area contributed by atoms with Gasteiger partial charge in [0, 0.05) is 5.69 Å². The second-order valence-electron chi connectivity index (χ2n) is 5.80. The molecule has 0 radical (unpaired) electrons. The fraction of sp³-hybridized carbons (Fsp3) is 0.278. The lowest BCUT2D eigenvalue weighted by atomic mass is 10.0. The molecule has 0 bridgehead atoms. The van der Waals surface area contributed by atoms with Crippen molar-refractivity contribution in [3.63, 3.8) is 0 Å². The Morgan fingerprint density at radius 1 is 1.00 bits per heavy atom. The molecule has 0 aromatic heterocycles. The summed E-state index contributed by atoms with van der Waals surface area (Å²) in [5, 5.41) is 9.05. The number of carboxylic acid groups (broad SMARTS) is 1. The maximum atomic E-state index is 11.0. The van der Waals surface area contributed by atoms with Gasteiger partial charge in [-0.15, -0.1) is 0 Å². The molecule has 0 unspecified atom stereocenters. The summed E-state index contributed by atoms with van der Waals surface area (Å²) >= 11 is 0. The first-order chi connectivity index (χ1) is 10.4. The molecule has 0 fully saturated rings. The van der Waals surface area contributed by atoms with Gasteiger partial charge in [0.1, 0.15) is 5.75 Å². The van der Waals surface area contributed by atoms with Gasteiger partial charge in [-0.2, -0.15) is 0 Å². The van der Waals surface area contributed by atoms with Crippen LogP contribution in [0.3, 0.4) is 0 Å². The van der Waals surface area contributed by atoms with Crippen LogP contribution in [0.5, 0.6) is 5.75 Å². The number of nitrogen functional groups attached to an aromatic ring is 1. The molecule has 2 aromatic rings. The van der Waals surface area contributed by atoms with Crippen LogP contribution in [0.2, 0.25) is 0 Å². The first kappa shape index (κ1) is 15.9. The van der Waals surface area contributed by atoms with Crippen LogP contribution < -0.4 is 10.5 Å². The number of nitrogens with two attached hydrogens (primary N) is 1. The fourth-order valence-electron chi connectivity index (χ4n) is 2.04. The van der Waals surface area contributed by atoms with E-state index in [4.69, 9.17) is 15.6 Å². The molecule has 0 aliphatic rings. The van der Waals surface area contributed by atoms with E-state index in [1.807, 2.05) is 48.5 Å². The summed E-state index contributed by atoms with van der Waals surface area (Å²) in [6.45, 7) is 3.06. The van der Waals surface area contributed by atoms with Crippen molar-refractivity contribution in [2.45, 2.75) is 32.3 Å². The lowest BCUT2D eigenvalue weighted by Crippen LogP contribution is -2.37. The smallest absolute Gasteiger partial charge is 0.347 e. The van der Waals surface area contributed by atoms with E-state index < -0.39 is 11.6 Å². The second-order valence-corrected chi connectivity index (χ2v) is 5.80. The number of hydrogen-bond acceptors (Lipinski definition) is 3. The second kappa shape index (κ2) is 6.52. The standard InChI is InChI=1S/C18H21NO3/c1-18(2,17(20)21)22-16-11-7-14(8-12-16)4-3-13-5-9-15(19)10-6-13/h5-12H,3-4,19H2,1-2H3,(H,20,21). The van der Waals surface area contributed by atoms with Gasteiger partial charge in [-0.1, -0.05) is 24.3 Å². The van der Waals surface area contributed by atoms with Crippen molar-refractivity contribution in [3.8, 4) is 5.75 Å². The number of benzene rings is 2. The number of rotatable bonds is 6. The normalized spacial score (nSPS) is 11.2. The van der Waals surface area contributed by atoms with Crippen molar-refractivity contribution in [2.24, 2.45) is 0 Å². The number of hydrogen-bond donors (Lipinski definition) is 2. The molecule has 3 N–H and O–H groups in total. The van der Waals surface area contributed by atoms with Gasteiger partial charge in [0.15, 0.2) is 5.60 Å². The summed E-state index contributed by atoms with van der Waals surface area (Å²) < 4.78 is 5.48. The summed E-state index contributed by atoms with van der Waals surface area (Å²) in [7, 11) is 0. The van der Waals surface area contributed by atoms with Gasteiger partial charge in [-0.05, 0) is 62.1 Å². The minimum absolute atomic E-state index is 0.559. The molecule has 0 saturated carbocycles. The Balaban J connectivity index is 1.94. The Hall–Kier alpha value is -2.49. The van der Waals surface area contributed by atoms with Gasteiger partial charge >= 0.3 is 5.97 Å². The first-order valence-corrected chi connectivity index (χ1v) is 7.22. The van der Waals surface area contributed by atoms with Gasteiger partial charge in [0.25, 0.3) is 0 Å². The third-order valence-electron chi connectivity index (χ3n) is 3.49. The van der Waals surface area contributed by atoms with Crippen LogP contribution in [0.15, 0.2) is 48.5 Å². The van der Waals surface area contributed by atoms with Gasteiger partial charge in [-0.25, -0.2) is 4.79 Å². The first-order valence-electron chi connectivity index (χ1n) is 7.22. The molecule has 116 valence electrons. The zero-order valence-corrected chi connectivity index (χ0v) is 12.9. The Bertz CT molecular complexity index is 630. The lowest BCUT2D eigenvalue weighted by Gasteiger charge is -2.21. The fourth-order valence-corrected chi connectivity index (χ4v) is 2.04. The maximum absolute atomic E-state index is 11.0. The molecule has 4 nitrogen and oxygen atoms in total. The predicted molar refractivity (Wildman–Crippen MR) is 87.0 cm³/mol. The van der Waals surface area contributed by atoms with Crippen molar-refractivity contribution >= 4 is 11.7 Å². The van der Waals surface area contributed by atoms with E-state index in [9.17, 15) is 4.79 Å². The van der Waals surface area contributed by atoms with Crippen LogP contribution in [-0.4, -0.2) is 16.7 Å². The topological polar surface area (TPSA) is 72.5 Å². The third kappa shape index (κ3) is 4.25. The molecule has 0 spiro atoms. The van der Waals surface area contributed by atoms with Crippen molar-refractivity contribution in [1.82, 2.24) is 0 Å². The lowest BCUT2D eigenvalue weighted by molar-refractivity contribution is -0.152. The van der Waals surface area contributed by atoms with Crippen LogP contribution in [-0.2, 0) is 17.6 Å². The van der Waals surface area contributed by atoms with Gasteiger partial charge < -0.3 is 15.6 Å². The summed E-state index contributed by atoms with van der Waals surface area (Å²) in [5.74, 6) is -0.427.